The molecule has 0 aromatic carbocycles. The van der Waals surface area contributed by atoms with Crippen molar-refractivity contribution in [1.29, 1.82) is 0 Å². The average Bonchev–Trinajstić information content (AvgIpc) is 2.12. The topological polar surface area (TPSA) is 3.24 Å². The van der Waals surface area contributed by atoms with E-state index in [9.17, 15) is 0 Å². The van der Waals surface area contributed by atoms with Gasteiger partial charge >= 0.3 is 0 Å². The quantitative estimate of drug-likeness (QED) is 0.498. The molecule has 1 saturated heterocycles. The van der Waals surface area contributed by atoms with Gasteiger partial charge in [-0.2, -0.15) is 0 Å². The van der Waals surface area contributed by atoms with E-state index in [0.29, 0.717) is 0 Å². The predicted molar refractivity (Wildman–Crippen MR) is 35.4 cm³/mol. The van der Waals surface area contributed by atoms with E-state index in [1.54, 1.807) is 0 Å². The van der Waals surface area contributed by atoms with Crippen molar-refractivity contribution in [2.75, 3.05) is 6.54 Å². The first-order valence-electron chi connectivity index (χ1n) is 3.40. The van der Waals surface area contributed by atoms with Crippen molar-refractivity contribution in [2.24, 2.45) is 0 Å². The number of rotatable bonds is 1. The Morgan fingerprint density at radius 2 is 2.25 bits per heavy atom. The summed E-state index contributed by atoms with van der Waals surface area (Å²) in [7, 11) is 0. The minimum Gasteiger partial charge on any atom is -0.296 e. The normalized spacial score (nSPS) is 22.9. The molecule has 0 amide bonds. The molecule has 0 aliphatic carbocycles. The van der Waals surface area contributed by atoms with Crippen LogP contribution in [-0.2, 0) is 0 Å². The van der Waals surface area contributed by atoms with Gasteiger partial charge < -0.3 is 0 Å². The molecule has 1 aliphatic rings. The molecule has 1 heteroatoms. The zero-order valence-corrected chi connectivity index (χ0v) is 5.72. The molecule has 0 aromatic rings. The van der Waals surface area contributed by atoms with E-state index in [1.165, 1.54) is 19.4 Å². The molecule has 0 saturated carbocycles. The van der Waals surface area contributed by atoms with Crippen molar-refractivity contribution >= 4 is 0 Å². The number of nitrogens with zero attached hydrogens (tertiary/aromatic N) is 1. The van der Waals surface area contributed by atoms with Gasteiger partial charge in [-0.3, -0.25) is 4.90 Å². The van der Waals surface area contributed by atoms with Crippen molar-refractivity contribution < 1.29 is 0 Å². The fraction of sp³-hybridized carbons (Fsp3) is 0.857. The number of likely N-dealkylation sites (tertiary alicyclic amines) is 1. The smallest absolute Gasteiger partial charge is 0.0254 e. The zero-order valence-electron chi connectivity index (χ0n) is 5.72. The lowest BCUT2D eigenvalue weighted by Crippen LogP contribution is -2.23. The van der Waals surface area contributed by atoms with Gasteiger partial charge in [0, 0.05) is 12.6 Å². The molecule has 0 N–H and O–H groups in total. The van der Waals surface area contributed by atoms with Crippen LogP contribution in [0.4, 0.5) is 0 Å². The van der Waals surface area contributed by atoms with E-state index in [1.807, 2.05) is 0 Å². The van der Waals surface area contributed by atoms with Gasteiger partial charge in [-0.1, -0.05) is 0 Å². The van der Waals surface area contributed by atoms with E-state index in [4.69, 9.17) is 0 Å². The van der Waals surface area contributed by atoms with Crippen molar-refractivity contribution in [2.45, 2.75) is 32.7 Å². The zero-order chi connectivity index (χ0) is 5.98. The van der Waals surface area contributed by atoms with Crippen LogP contribution in [-0.4, -0.2) is 17.5 Å². The Kier molecular flexibility index (Phi) is 1.90. The summed E-state index contributed by atoms with van der Waals surface area (Å²) >= 11 is 0. The van der Waals surface area contributed by atoms with Crippen molar-refractivity contribution in [3.05, 3.63) is 6.54 Å². The Morgan fingerprint density at radius 1 is 1.50 bits per heavy atom. The highest BCUT2D eigenvalue weighted by Crippen LogP contribution is 2.14. The van der Waals surface area contributed by atoms with Gasteiger partial charge in [0.25, 0.3) is 0 Å². The Balaban J connectivity index is 2.24. The van der Waals surface area contributed by atoms with Gasteiger partial charge in [0.05, 0.1) is 0 Å². The molecule has 0 unspecified atom stereocenters. The van der Waals surface area contributed by atoms with Crippen LogP contribution in [0.2, 0.25) is 0 Å². The van der Waals surface area contributed by atoms with E-state index in [2.05, 4.69) is 25.3 Å². The van der Waals surface area contributed by atoms with Crippen molar-refractivity contribution in [3.63, 3.8) is 0 Å². The molecule has 0 atom stereocenters. The number of hydrogen-bond donors (Lipinski definition) is 0. The maximum absolute atomic E-state index is 2.40. The van der Waals surface area contributed by atoms with Crippen LogP contribution in [0.1, 0.15) is 26.7 Å². The highest BCUT2D eigenvalue weighted by atomic mass is 15.2. The maximum atomic E-state index is 2.40. The van der Waals surface area contributed by atoms with Gasteiger partial charge in [0.1, 0.15) is 0 Å². The lowest BCUT2D eigenvalue weighted by atomic mass is 10.3. The summed E-state index contributed by atoms with van der Waals surface area (Å²) in [5.41, 5.74) is 0. The van der Waals surface area contributed by atoms with E-state index in [-0.39, 0.29) is 0 Å². The molecule has 1 aliphatic heterocycles. The summed E-state index contributed by atoms with van der Waals surface area (Å²) in [5.74, 6) is 0. The second kappa shape index (κ2) is 2.49. The molecule has 1 rings (SSSR count). The van der Waals surface area contributed by atoms with Crippen molar-refractivity contribution in [1.82, 2.24) is 4.90 Å². The predicted octanol–water partition coefficient (Wildman–Crippen LogP) is 1.65. The summed E-state index contributed by atoms with van der Waals surface area (Å²) in [6, 6.07) is 0.720. The highest BCUT2D eigenvalue weighted by molar-refractivity contribution is 4.78. The van der Waals surface area contributed by atoms with Gasteiger partial charge in [0.15, 0.2) is 0 Å². The van der Waals surface area contributed by atoms with Crippen LogP contribution in [0.5, 0.6) is 0 Å². The second-order valence-corrected chi connectivity index (χ2v) is 2.66. The van der Waals surface area contributed by atoms with Crippen LogP contribution in [0.25, 0.3) is 0 Å². The molecular formula is C7H14N. The molecule has 47 valence electrons. The second-order valence-electron chi connectivity index (χ2n) is 2.66. The molecule has 1 heterocycles. The minimum atomic E-state index is 0.720. The largest absolute Gasteiger partial charge is 0.296 e. The minimum absolute atomic E-state index is 0.720. The molecule has 0 bridgehead atoms. The molecular weight excluding hydrogens is 98.1 g/mol. The maximum Gasteiger partial charge on any atom is 0.0254 e. The van der Waals surface area contributed by atoms with Crippen LogP contribution in [0, 0.1) is 6.54 Å². The van der Waals surface area contributed by atoms with Crippen LogP contribution >= 0.6 is 0 Å². The lowest BCUT2D eigenvalue weighted by Gasteiger charge is -2.17. The first kappa shape index (κ1) is 6.09. The van der Waals surface area contributed by atoms with Gasteiger partial charge in [0.2, 0.25) is 0 Å². The average molecular weight is 112 g/mol. The standard InChI is InChI=1S/C7H14N/c1-7(2)8-5-3-4-6-8/h5,7H,3-4,6H2,1-2H3. The Bertz CT molecular complexity index is 62.8. The van der Waals surface area contributed by atoms with Crippen LogP contribution in [0.3, 0.4) is 0 Å². The summed E-state index contributed by atoms with van der Waals surface area (Å²) in [6.45, 7) is 8.06. The molecule has 0 aromatic heterocycles. The van der Waals surface area contributed by atoms with Crippen molar-refractivity contribution in [3.8, 4) is 0 Å². The molecule has 8 heavy (non-hydrogen) atoms. The molecule has 0 spiro atoms. The summed E-state index contributed by atoms with van der Waals surface area (Å²) in [4.78, 5) is 2.40. The van der Waals surface area contributed by atoms with E-state index >= 15 is 0 Å². The van der Waals surface area contributed by atoms with Gasteiger partial charge in [-0.15, -0.1) is 0 Å². The van der Waals surface area contributed by atoms with Crippen LogP contribution < -0.4 is 0 Å². The fourth-order valence-electron chi connectivity index (χ4n) is 1.09. The summed E-state index contributed by atoms with van der Waals surface area (Å²) < 4.78 is 0. The summed E-state index contributed by atoms with van der Waals surface area (Å²) in [6.07, 6.45) is 2.65. The fourth-order valence-corrected chi connectivity index (χ4v) is 1.09. The lowest BCUT2D eigenvalue weighted by molar-refractivity contribution is 0.317. The van der Waals surface area contributed by atoms with Crippen LogP contribution in [0.15, 0.2) is 0 Å². The number of hydrogen-bond acceptors (Lipinski definition) is 1. The Hall–Kier alpha value is -0.0400. The summed E-state index contributed by atoms with van der Waals surface area (Å²) in [5, 5.41) is 0. The third kappa shape index (κ3) is 1.22. The molecule has 1 fully saturated rings. The van der Waals surface area contributed by atoms with Gasteiger partial charge in [-0.05, 0) is 33.2 Å². The third-order valence-electron chi connectivity index (χ3n) is 1.65. The Morgan fingerprint density at radius 3 is 2.50 bits per heavy atom. The first-order valence-corrected chi connectivity index (χ1v) is 3.40. The monoisotopic (exact) mass is 112 g/mol. The highest BCUT2D eigenvalue weighted by Gasteiger charge is 2.13. The molecule has 1 radical (unpaired) electrons. The first-order chi connectivity index (χ1) is 3.80. The van der Waals surface area contributed by atoms with E-state index < -0.39 is 0 Å². The SMILES string of the molecule is CC(C)N1[CH]CCC1. The Labute approximate surface area is 51.7 Å². The van der Waals surface area contributed by atoms with E-state index in [0.717, 1.165) is 6.04 Å². The van der Waals surface area contributed by atoms with Gasteiger partial charge in [-0.25, -0.2) is 0 Å². The molecule has 1 nitrogen and oxygen atoms in total. The third-order valence-corrected chi connectivity index (χ3v) is 1.65.